The maximum absolute atomic E-state index is 12.3. The van der Waals surface area contributed by atoms with E-state index >= 15 is 0 Å². The first kappa shape index (κ1) is 18.6. The average molecular weight is 382 g/mol. The van der Waals surface area contributed by atoms with Crippen LogP contribution in [0.1, 0.15) is 25.6 Å². The number of aryl methyl sites for hydroxylation is 1. The standard InChI is InChI=1S/C20H18N2O4S/c1-12-15-8-3-4-9-16(15)27-18(12)20(25)26-11-17(23)22-14-7-5-6-13(10-14)19(24)21-2/h3-10H,11H2,1-2H3,(H,21,24)(H,22,23). The van der Waals surface area contributed by atoms with Crippen LogP contribution in [0.25, 0.3) is 10.1 Å². The van der Waals surface area contributed by atoms with Gasteiger partial charge < -0.3 is 15.4 Å². The Kier molecular flexibility index (Phi) is 5.52. The molecule has 0 spiro atoms. The second kappa shape index (κ2) is 8.01. The number of carbonyl (C=O) groups is 3. The number of benzene rings is 2. The lowest BCUT2D eigenvalue weighted by atomic mass is 10.1. The molecule has 0 saturated carbocycles. The molecule has 0 aliphatic heterocycles. The first-order valence-electron chi connectivity index (χ1n) is 8.27. The van der Waals surface area contributed by atoms with Crippen LogP contribution in [0.4, 0.5) is 5.69 Å². The van der Waals surface area contributed by atoms with Gasteiger partial charge in [0.1, 0.15) is 4.88 Å². The minimum absolute atomic E-state index is 0.252. The maximum atomic E-state index is 12.3. The summed E-state index contributed by atoms with van der Waals surface area (Å²) in [7, 11) is 1.53. The zero-order chi connectivity index (χ0) is 19.4. The van der Waals surface area contributed by atoms with E-state index in [1.807, 2.05) is 31.2 Å². The molecule has 0 aliphatic rings. The first-order valence-corrected chi connectivity index (χ1v) is 9.08. The molecule has 0 bridgehead atoms. The van der Waals surface area contributed by atoms with E-state index in [0.717, 1.165) is 15.6 Å². The van der Waals surface area contributed by atoms with Gasteiger partial charge in [-0.1, -0.05) is 24.3 Å². The number of hydrogen-bond donors (Lipinski definition) is 2. The van der Waals surface area contributed by atoms with Crippen LogP contribution < -0.4 is 10.6 Å². The summed E-state index contributed by atoms with van der Waals surface area (Å²) in [6, 6.07) is 14.2. The Morgan fingerprint density at radius 3 is 2.59 bits per heavy atom. The third-order valence-corrected chi connectivity index (χ3v) is 5.25. The zero-order valence-corrected chi connectivity index (χ0v) is 15.7. The van der Waals surface area contributed by atoms with Crippen molar-refractivity contribution in [2.75, 3.05) is 19.0 Å². The molecule has 27 heavy (non-hydrogen) atoms. The summed E-state index contributed by atoms with van der Waals surface area (Å²) in [6.45, 7) is 1.45. The maximum Gasteiger partial charge on any atom is 0.349 e. The fraction of sp³-hybridized carbons (Fsp3) is 0.150. The molecule has 3 rings (SSSR count). The number of nitrogens with one attached hydrogen (secondary N) is 2. The molecule has 6 nitrogen and oxygen atoms in total. The second-order valence-electron chi connectivity index (χ2n) is 5.84. The molecular weight excluding hydrogens is 364 g/mol. The highest BCUT2D eigenvalue weighted by molar-refractivity contribution is 7.21. The molecule has 0 atom stereocenters. The van der Waals surface area contributed by atoms with Crippen LogP contribution in [0.3, 0.4) is 0 Å². The molecule has 0 radical (unpaired) electrons. The van der Waals surface area contributed by atoms with Crippen LogP contribution in [0.5, 0.6) is 0 Å². The number of esters is 1. The highest BCUT2D eigenvalue weighted by Crippen LogP contribution is 2.30. The molecule has 0 aliphatic carbocycles. The van der Waals surface area contributed by atoms with Gasteiger partial charge in [0, 0.05) is 23.0 Å². The van der Waals surface area contributed by atoms with E-state index in [1.54, 1.807) is 24.3 Å². The van der Waals surface area contributed by atoms with Gasteiger partial charge in [-0.05, 0) is 42.1 Å². The molecule has 1 aromatic heterocycles. The Morgan fingerprint density at radius 2 is 1.85 bits per heavy atom. The number of fused-ring (bicyclic) bond motifs is 1. The third kappa shape index (κ3) is 4.15. The highest BCUT2D eigenvalue weighted by Gasteiger charge is 2.18. The van der Waals surface area contributed by atoms with E-state index < -0.39 is 18.5 Å². The van der Waals surface area contributed by atoms with E-state index in [4.69, 9.17) is 4.74 Å². The van der Waals surface area contributed by atoms with E-state index in [-0.39, 0.29) is 5.91 Å². The number of amides is 2. The van der Waals surface area contributed by atoms with Gasteiger partial charge in [-0.25, -0.2) is 4.79 Å². The quantitative estimate of drug-likeness (QED) is 0.663. The van der Waals surface area contributed by atoms with E-state index in [9.17, 15) is 14.4 Å². The zero-order valence-electron chi connectivity index (χ0n) is 14.9. The van der Waals surface area contributed by atoms with Crippen molar-refractivity contribution in [2.45, 2.75) is 6.92 Å². The summed E-state index contributed by atoms with van der Waals surface area (Å²) >= 11 is 1.34. The van der Waals surface area contributed by atoms with Crippen LogP contribution in [0.15, 0.2) is 48.5 Å². The van der Waals surface area contributed by atoms with E-state index in [2.05, 4.69) is 10.6 Å². The number of hydrogen-bond acceptors (Lipinski definition) is 5. The van der Waals surface area contributed by atoms with Crippen LogP contribution in [-0.2, 0) is 9.53 Å². The van der Waals surface area contributed by atoms with Crippen LogP contribution >= 0.6 is 11.3 Å². The minimum atomic E-state index is -0.525. The molecular formula is C20H18N2O4S. The summed E-state index contributed by atoms with van der Waals surface area (Å²) in [5.74, 6) is -1.25. The topological polar surface area (TPSA) is 84.5 Å². The molecule has 2 aromatic carbocycles. The summed E-state index contributed by atoms with van der Waals surface area (Å²) in [5.41, 5.74) is 1.72. The SMILES string of the molecule is CNC(=O)c1cccc(NC(=O)COC(=O)c2sc3ccccc3c2C)c1. The predicted octanol–water partition coefficient (Wildman–Crippen LogP) is 3.36. The normalized spacial score (nSPS) is 10.4. The summed E-state index contributed by atoms with van der Waals surface area (Å²) in [4.78, 5) is 36.5. The number of anilines is 1. The molecule has 0 unspecified atom stereocenters. The van der Waals surface area contributed by atoms with Crippen molar-refractivity contribution < 1.29 is 19.1 Å². The van der Waals surface area contributed by atoms with Gasteiger partial charge in [0.15, 0.2) is 6.61 Å². The van der Waals surface area contributed by atoms with Gasteiger partial charge >= 0.3 is 5.97 Å². The third-order valence-electron chi connectivity index (χ3n) is 4.00. The van der Waals surface area contributed by atoms with Crippen molar-refractivity contribution in [1.29, 1.82) is 0 Å². The molecule has 138 valence electrons. The van der Waals surface area contributed by atoms with Crippen molar-refractivity contribution in [3.05, 3.63) is 64.5 Å². The van der Waals surface area contributed by atoms with Gasteiger partial charge in [-0.15, -0.1) is 11.3 Å². The predicted molar refractivity (Wildman–Crippen MR) is 105 cm³/mol. The smallest absolute Gasteiger partial charge is 0.349 e. The van der Waals surface area contributed by atoms with E-state index in [1.165, 1.54) is 18.4 Å². The van der Waals surface area contributed by atoms with Gasteiger partial charge in [0.05, 0.1) is 0 Å². The van der Waals surface area contributed by atoms with Crippen molar-refractivity contribution >= 4 is 44.9 Å². The lowest BCUT2D eigenvalue weighted by Gasteiger charge is -2.08. The molecule has 0 saturated heterocycles. The summed E-state index contributed by atoms with van der Waals surface area (Å²) in [5, 5.41) is 6.14. The monoisotopic (exact) mass is 382 g/mol. The second-order valence-corrected chi connectivity index (χ2v) is 6.89. The van der Waals surface area contributed by atoms with Gasteiger partial charge in [-0.3, -0.25) is 9.59 Å². The van der Waals surface area contributed by atoms with Gasteiger partial charge in [0.2, 0.25) is 0 Å². The van der Waals surface area contributed by atoms with E-state index in [0.29, 0.717) is 16.1 Å². The fourth-order valence-electron chi connectivity index (χ4n) is 2.65. The molecule has 1 heterocycles. The number of carbonyl (C=O) groups excluding carboxylic acids is 3. The Morgan fingerprint density at radius 1 is 1.07 bits per heavy atom. The average Bonchev–Trinajstić information content (AvgIpc) is 3.02. The Labute approximate surface area is 160 Å². The number of ether oxygens (including phenoxy) is 1. The van der Waals surface area contributed by atoms with Crippen molar-refractivity contribution in [3.8, 4) is 0 Å². The lowest BCUT2D eigenvalue weighted by molar-refractivity contribution is -0.119. The lowest BCUT2D eigenvalue weighted by Crippen LogP contribution is -2.21. The Bertz CT molecular complexity index is 1030. The first-order chi connectivity index (χ1) is 13.0. The van der Waals surface area contributed by atoms with Crippen LogP contribution in [-0.4, -0.2) is 31.4 Å². The van der Waals surface area contributed by atoms with Crippen LogP contribution in [0, 0.1) is 6.92 Å². The molecule has 0 fully saturated rings. The van der Waals surface area contributed by atoms with Gasteiger partial charge in [0.25, 0.3) is 11.8 Å². The highest BCUT2D eigenvalue weighted by atomic mass is 32.1. The number of thiophene rings is 1. The fourth-order valence-corrected chi connectivity index (χ4v) is 3.75. The molecule has 2 amide bonds. The molecule has 2 N–H and O–H groups in total. The summed E-state index contributed by atoms with van der Waals surface area (Å²) in [6.07, 6.45) is 0. The molecule has 3 aromatic rings. The number of rotatable bonds is 5. The molecule has 7 heteroatoms. The van der Waals surface area contributed by atoms with Crippen molar-refractivity contribution in [3.63, 3.8) is 0 Å². The largest absolute Gasteiger partial charge is 0.451 e. The van der Waals surface area contributed by atoms with Gasteiger partial charge in [-0.2, -0.15) is 0 Å². The Balaban J connectivity index is 1.62. The van der Waals surface area contributed by atoms with Crippen molar-refractivity contribution in [2.24, 2.45) is 0 Å². The van der Waals surface area contributed by atoms with Crippen molar-refractivity contribution in [1.82, 2.24) is 5.32 Å². The van der Waals surface area contributed by atoms with Crippen LogP contribution in [0.2, 0.25) is 0 Å². The minimum Gasteiger partial charge on any atom is -0.451 e. The summed E-state index contributed by atoms with van der Waals surface area (Å²) < 4.78 is 6.15. The Hall–Kier alpha value is -3.19.